The second kappa shape index (κ2) is 9.72. The van der Waals surface area contributed by atoms with E-state index in [1.165, 1.54) is 0 Å². The summed E-state index contributed by atoms with van der Waals surface area (Å²) in [5, 5.41) is 0. The van der Waals surface area contributed by atoms with Crippen LogP contribution in [0, 0.1) is 10.8 Å². The minimum absolute atomic E-state index is 0.0881. The molecule has 0 aromatic rings. The zero-order valence-electron chi connectivity index (χ0n) is 14.3. The van der Waals surface area contributed by atoms with Gasteiger partial charge in [-0.05, 0) is 0 Å². The second-order valence-electron chi connectivity index (χ2n) is 6.87. The molecule has 0 radical (unpaired) electrons. The summed E-state index contributed by atoms with van der Waals surface area (Å²) < 4.78 is 39.3. The van der Waals surface area contributed by atoms with E-state index in [-0.39, 0.29) is 12.0 Å². The third kappa shape index (κ3) is 10.9. The Bertz CT molecular complexity index is 457. The summed E-state index contributed by atoms with van der Waals surface area (Å²) in [7, 11) is -12.1. The summed E-state index contributed by atoms with van der Waals surface area (Å²) in [5.74, 6) is -0.487. The Labute approximate surface area is 143 Å². The number of ether oxygens (including phenoxy) is 1. The van der Waals surface area contributed by atoms with Gasteiger partial charge in [0.2, 0.25) is 0 Å². The van der Waals surface area contributed by atoms with Crippen molar-refractivity contribution in [1.82, 2.24) is 0 Å². The van der Waals surface area contributed by atoms with Crippen LogP contribution < -0.4 is 0 Å². The van der Waals surface area contributed by atoms with Gasteiger partial charge in [-0.2, -0.15) is 0 Å². The van der Waals surface area contributed by atoms with Gasteiger partial charge in [0.25, 0.3) is 0 Å². The third-order valence-corrected chi connectivity index (χ3v) is 6.59. The van der Waals surface area contributed by atoms with Crippen LogP contribution >= 0.6 is 24.7 Å². The molecule has 3 N–H and O–H groups in total. The molecule has 0 spiro atoms. The fourth-order valence-electron chi connectivity index (χ4n) is 2.20. The van der Waals surface area contributed by atoms with Crippen molar-refractivity contribution in [2.75, 3.05) is 13.2 Å². The molecule has 0 aliphatic heterocycles. The number of hydrogen-bond donors (Lipinski definition) is 3. The molecule has 2 unspecified atom stereocenters. The Morgan fingerprint density at radius 3 is 1.83 bits per heavy atom. The number of hydrogen-bond acceptors (Lipinski definition) is 8. The van der Waals surface area contributed by atoms with Gasteiger partial charge in [0.05, 0.1) is 0 Å². The zero-order valence-corrected chi connectivity index (χ0v) is 17.3. The van der Waals surface area contributed by atoms with E-state index in [1.54, 1.807) is 13.8 Å². The first kappa shape index (κ1) is 24.1. The number of carbonyl (C=O) groups excluding carboxylic acids is 1. The summed E-state index contributed by atoms with van der Waals surface area (Å²) in [5.41, 5.74) is -0.833. The van der Waals surface area contributed by atoms with Crippen molar-refractivity contribution in [2.24, 2.45) is 10.8 Å². The topological polar surface area (TPSA) is 149 Å². The van der Waals surface area contributed by atoms with Crippen LogP contribution in [0.2, 0.25) is 0 Å². The van der Waals surface area contributed by atoms with Gasteiger partial charge in [0.1, 0.15) is 0 Å². The Balaban J connectivity index is 4.50. The van der Waals surface area contributed by atoms with Gasteiger partial charge in [0, 0.05) is 0 Å². The Morgan fingerprint density at radius 1 is 1.00 bits per heavy atom. The molecule has 0 rings (SSSR count). The first-order chi connectivity index (χ1) is 10.7. The molecule has 13 heteroatoms. The van der Waals surface area contributed by atoms with Crippen LogP contribution in [0.1, 0.15) is 41.0 Å². The normalized spacial score (nSPS) is 16.5. The van der Waals surface area contributed by atoms with E-state index in [2.05, 4.69) is 8.62 Å². The molecule has 0 aliphatic rings. The van der Waals surface area contributed by atoms with E-state index in [0.29, 0.717) is 6.42 Å². The van der Waals surface area contributed by atoms with Crippen molar-refractivity contribution in [1.29, 1.82) is 0 Å². The summed E-state index contributed by atoms with van der Waals surface area (Å²) in [6.07, 6.45) is 0.573. The molecule has 0 saturated carbocycles. The molecular formula is C11H27O10P3. The molecule has 0 aromatic carbocycles. The fraction of sp³-hybridized carbons (Fsp3) is 0.909. The number of rotatable bonds is 10. The zero-order chi connectivity index (χ0) is 19.2. The van der Waals surface area contributed by atoms with Crippen molar-refractivity contribution >= 4 is 30.6 Å². The molecule has 146 valence electrons. The molecule has 2 atom stereocenters. The van der Waals surface area contributed by atoms with Crippen molar-refractivity contribution in [2.45, 2.75) is 41.0 Å². The number of carbonyl (C=O) groups is 1. The molecule has 0 heterocycles. The average Bonchev–Trinajstić information content (AvgIpc) is 2.28. The van der Waals surface area contributed by atoms with Gasteiger partial charge < -0.3 is 0 Å². The molecule has 10 nitrogen and oxygen atoms in total. The second-order valence-corrected chi connectivity index (χ2v) is 10.9. The monoisotopic (exact) mass is 412 g/mol. The Hall–Kier alpha value is 0.120. The maximum absolute atomic E-state index is 12.1. The predicted molar refractivity (Wildman–Crippen MR) is 89.9 cm³/mol. The number of esters is 1. The van der Waals surface area contributed by atoms with Crippen LogP contribution in [0.15, 0.2) is 0 Å². The molecule has 24 heavy (non-hydrogen) atoms. The van der Waals surface area contributed by atoms with Crippen molar-refractivity contribution < 1.29 is 46.5 Å². The van der Waals surface area contributed by atoms with Gasteiger partial charge in [-0.25, -0.2) is 0 Å². The predicted octanol–water partition coefficient (Wildman–Crippen LogP) is 2.21. The maximum atomic E-state index is 12.1. The SMILES string of the molecule is CC(C)(C)CC(C)(C)C(=O)OCCO[PH](O)(O[PH](=O)O)O[PH](=O)O. The van der Waals surface area contributed by atoms with Crippen molar-refractivity contribution in [3.63, 3.8) is 0 Å². The van der Waals surface area contributed by atoms with Crippen LogP contribution in [0.5, 0.6) is 0 Å². The van der Waals surface area contributed by atoms with Crippen LogP contribution in [-0.2, 0) is 31.8 Å². The Kier molecular flexibility index (Phi) is 9.77. The van der Waals surface area contributed by atoms with E-state index < -0.39 is 42.7 Å². The van der Waals surface area contributed by atoms with Crippen molar-refractivity contribution in [3.8, 4) is 0 Å². The molecule has 0 bridgehead atoms. The third-order valence-electron chi connectivity index (χ3n) is 2.56. The molecule has 0 fully saturated rings. The summed E-state index contributed by atoms with van der Waals surface area (Å²) >= 11 is 0. The first-order valence-corrected chi connectivity index (χ1v) is 11.2. The summed E-state index contributed by atoms with van der Waals surface area (Å²) in [6, 6.07) is 0. The first-order valence-electron chi connectivity index (χ1n) is 7.04. The minimum atomic E-state index is -4.76. The molecule has 0 aromatic heterocycles. The average molecular weight is 412 g/mol. The van der Waals surface area contributed by atoms with Crippen LogP contribution in [-0.4, -0.2) is 33.9 Å². The van der Waals surface area contributed by atoms with Gasteiger partial charge in [0.15, 0.2) is 0 Å². The van der Waals surface area contributed by atoms with E-state index in [1.807, 2.05) is 20.8 Å². The van der Waals surface area contributed by atoms with Crippen molar-refractivity contribution in [3.05, 3.63) is 0 Å². The van der Waals surface area contributed by atoms with Crippen LogP contribution in [0.25, 0.3) is 0 Å². The van der Waals surface area contributed by atoms with Gasteiger partial charge in [-0.1, -0.05) is 0 Å². The summed E-state index contributed by atoms with van der Waals surface area (Å²) in [4.78, 5) is 39.0. The molecular weight excluding hydrogens is 385 g/mol. The van der Waals surface area contributed by atoms with E-state index in [9.17, 15) is 18.8 Å². The fourth-order valence-corrected chi connectivity index (χ4v) is 5.32. The van der Waals surface area contributed by atoms with Crippen LogP contribution in [0.3, 0.4) is 0 Å². The summed E-state index contributed by atoms with van der Waals surface area (Å²) in [6.45, 7) is 8.68. The van der Waals surface area contributed by atoms with Gasteiger partial charge in [-0.15, -0.1) is 0 Å². The standard InChI is InChI=1S/C11H27O10P3/c1-10(2,3)8-11(4,5)9(12)18-6-7-19-24(17,20-22(13)14)21-23(15)16/h17,22-24H,6-8H2,1-5H3,(H,13,14)(H,15,16). The van der Waals surface area contributed by atoms with Gasteiger partial charge >= 0.3 is 142 Å². The molecule has 0 amide bonds. The molecule has 0 saturated heterocycles. The van der Waals surface area contributed by atoms with E-state index in [0.717, 1.165) is 0 Å². The quantitative estimate of drug-likeness (QED) is 0.277. The Morgan fingerprint density at radius 2 is 1.46 bits per heavy atom. The van der Waals surface area contributed by atoms with Crippen LogP contribution in [0.4, 0.5) is 0 Å². The van der Waals surface area contributed by atoms with Gasteiger partial charge in [-0.3, -0.25) is 0 Å². The van der Waals surface area contributed by atoms with E-state index in [4.69, 9.17) is 19.0 Å². The van der Waals surface area contributed by atoms with E-state index >= 15 is 0 Å². The molecule has 0 aliphatic carbocycles.